The van der Waals surface area contributed by atoms with E-state index in [0.29, 0.717) is 6.54 Å². The molecule has 1 heterocycles. The summed E-state index contributed by atoms with van der Waals surface area (Å²) in [4.78, 5) is 0. The Bertz CT molecular complexity index is 350. The van der Waals surface area contributed by atoms with Crippen molar-refractivity contribution < 1.29 is 0 Å². The molecule has 6 heteroatoms. The quantitative estimate of drug-likeness (QED) is 0.488. The highest BCUT2D eigenvalue weighted by molar-refractivity contribution is 5.23. The maximum absolute atomic E-state index is 5.94. The molecule has 0 aromatic carbocycles. The van der Waals surface area contributed by atoms with Gasteiger partial charge in [-0.2, -0.15) is 0 Å². The molecule has 90 valence electrons. The number of nitrogen functional groups attached to an aromatic ring is 2. The minimum absolute atomic E-state index is 0.129. The van der Waals surface area contributed by atoms with Crippen molar-refractivity contribution in [3.05, 3.63) is 5.82 Å². The van der Waals surface area contributed by atoms with Gasteiger partial charge in [0.25, 0.3) is 0 Å². The Balaban J connectivity index is 2.35. The molecule has 1 aromatic rings. The van der Waals surface area contributed by atoms with Crippen LogP contribution in [0.3, 0.4) is 0 Å². The highest BCUT2D eigenvalue weighted by Gasteiger charge is 2.36. The molecular weight excluding hydrogens is 204 g/mol. The minimum atomic E-state index is -0.129. The van der Waals surface area contributed by atoms with Crippen molar-refractivity contribution in [2.75, 3.05) is 18.1 Å². The third-order valence-electron chi connectivity index (χ3n) is 3.65. The Hall–Kier alpha value is -1.30. The lowest BCUT2D eigenvalue weighted by Gasteiger charge is -2.29. The number of nitrogens with two attached hydrogens (primary N) is 3. The van der Waals surface area contributed by atoms with Crippen LogP contribution in [-0.2, 0) is 5.41 Å². The molecule has 1 saturated carbocycles. The van der Waals surface area contributed by atoms with Gasteiger partial charge in [-0.3, -0.25) is 0 Å². The number of rotatable bonds is 2. The Morgan fingerprint density at radius 3 is 2.19 bits per heavy atom. The second kappa shape index (κ2) is 4.29. The molecule has 1 aromatic heterocycles. The number of aromatic nitrogens is 3. The lowest BCUT2D eigenvalue weighted by atomic mass is 9.79. The Morgan fingerprint density at radius 2 is 1.75 bits per heavy atom. The first-order valence-electron chi connectivity index (χ1n) is 5.86. The first-order chi connectivity index (χ1) is 7.69. The van der Waals surface area contributed by atoms with Gasteiger partial charge < -0.3 is 17.3 Å². The van der Waals surface area contributed by atoms with Crippen molar-refractivity contribution in [1.29, 1.82) is 0 Å². The largest absolute Gasteiger partial charge is 0.366 e. The highest BCUT2D eigenvalue weighted by Crippen LogP contribution is 2.36. The van der Waals surface area contributed by atoms with Gasteiger partial charge in [0.2, 0.25) is 5.95 Å². The fourth-order valence-electron chi connectivity index (χ4n) is 2.59. The zero-order chi connectivity index (χ0) is 11.6. The Labute approximate surface area is 95.2 Å². The molecular formula is C10H20N6. The molecule has 1 aliphatic rings. The SMILES string of the molecule is NCC1(c2nnc(N)n2N)CCCCCC1. The van der Waals surface area contributed by atoms with E-state index < -0.39 is 0 Å². The second-order valence-corrected chi connectivity index (χ2v) is 4.65. The molecule has 0 atom stereocenters. The molecule has 1 aliphatic carbocycles. The number of anilines is 1. The Kier molecular flexibility index (Phi) is 3.00. The molecule has 0 radical (unpaired) electrons. The van der Waals surface area contributed by atoms with Crippen molar-refractivity contribution in [2.24, 2.45) is 5.73 Å². The average molecular weight is 224 g/mol. The van der Waals surface area contributed by atoms with Crippen LogP contribution >= 0.6 is 0 Å². The fraction of sp³-hybridized carbons (Fsp3) is 0.800. The molecule has 6 nitrogen and oxygen atoms in total. The topological polar surface area (TPSA) is 109 Å². The molecule has 0 unspecified atom stereocenters. The summed E-state index contributed by atoms with van der Waals surface area (Å²) in [7, 11) is 0. The van der Waals surface area contributed by atoms with Crippen LogP contribution in [0.2, 0.25) is 0 Å². The van der Waals surface area contributed by atoms with Crippen LogP contribution in [0.25, 0.3) is 0 Å². The molecule has 1 fully saturated rings. The van der Waals surface area contributed by atoms with E-state index in [1.54, 1.807) is 0 Å². The van der Waals surface area contributed by atoms with Crippen molar-refractivity contribution >= 4 is 5.95 Å². The van der Waals surface area contributed by atoms with Crippen molar-refractivity contribution in [3.8, 4) is 0 Å². The maximum atomic E-state index is 5.94. The maximum Gasteiger partial charge on any atom is 0.240 e. The predicted molar refractivity (Wildman–Crippen MR) is 63.0 cm³/mol. The van der Waals surface area contributed by atoms with Crippen molar-refractivity contribution in [2.45, 2.75) is 43.9 Å². The average Bonchev–Trinajstić information content (AvgIpc) is 2.56. The van der Waals surface area contributed by atoms with E-state index in [9.17, 15) is 0 Å². The zero-order valence-electron chi connectivity index (χ0n) is 9.52. The molecule has 6 N–H and O–H groups in total. The van der Waals surface area contributed by atoms with E-state index in [1.807, 2.05) is 0 Å². The number of hydrogen-bond donors (Lipinski definition) is 3. The van der Waals surface area contributed by atoms with Crippen LogP contribution in [0.15, 0.2) is 0 Å². The van der Waals surface area contributed by atoms with Crippen LogP contribution < -0.4 is 17.3 Å². The third-order valence-corrected chi connectivity index (χ3v) is 3.65. The van der Waals surface area contributed by atoms with Gasteiger partial charge >= 0.3 is 0 Å². The molecule has 2 rings (SSSR count). The molecule has 0 spiro atoms. The predicted octanol–water partition coefficient (Wildman–Crippen LogP) is 0.125. The van der Waals surface area contributed by atoms with Gasteiger partial charge in [-0.1, -0.05) is 25.7 Å². The summed E-state index contributed by atoms with van der Waals surface area (Å²) in [6, 6.07) is 0. The van der Waals surface area contributed by atoms with Gasteiger partial charge in [0.15, 0.2) is 5.82 Å². The van der Waals surface area contributed by atoms with Gasteiger partial charge in [-0.05, 0) is 12.8 Å². The summed E-state index contributed by atoms with van der Waals surface area (Å²) in [6.45, 7) is 0.558. The minimum Gasteiger partial charge on any atom is -0.366 e. The van der Waals surface area contributed by atoms with E-state index in [-0.39, 0.29) is 11.4 Å². The number of hydrogen-bond acceptors (Lipinski definition) is 5. The highest BCUT2D eigenvalue weighted by atomic mass is 15.4. The zero-order valence-corrected chi connectivity index (χ0v) is 9.52. The van der Waals surface area contributed by atoms with Gasteiger partial charge in [-0.25, -0.2) is 4.68 Å². The first-order valence-corrected chi connectivity index (χ1v) is 5.86. The summed E-state index contributed by atoms with van der Waals surface area (Å²) < 4.78 is 1.39. The lowest BCUT2D eigenvalue weighted by Crippen LogP contribution is -2.39. The van der Waals surface area contributed by atoms with Crippen LogP contribution in [0, 0.1) is 0 Å². The smallest absolute Gasteiger partial charge is 0.240 e. The monoisotopic (exact) mass is 224 g/mol. The fourth-order valence-corrected chi connectivity index (χ4v) is 2.59. The lowest BCUT2D eigenvalue weighted by molar-refractivity contribution is 0.352. The summed E-state index contributed by atoms with van der Waals surface area (Å²) in [5, 5.41) is 7.93. The first kappa shape index (κ1) is 11.2. The normalized spacial score (nSPS) is 20.6. The van der Waals surface area contributed by atoms with E-state index in [1.165, 1.54) is 30.4 Å². The second-order valence-electron chi connectivity index (χ2n) is 4.65. The van der Waals surface area contributed by atoms with E-state index in [2.05, 4.69) is 10.2 Å². The van der Waals surface area contributed by atoms with Crippen molar-refractivity contribution in [1.82, 2.24) is 14.9 Å². The third kappa shape index (κ3) is 1.73. The number of nitrogens with zero attached hydrogens (tertiary/aromatic N) is 3. The van der Waals surface area contributed by atoms with Crippen molar-refractivity contribution in [3.63, 3.8) is 0 Å². The summed E-state index contributed by atoms with van der Waals surface area (Å²) in [5.74, 6) is 6.86. The van der Waals surface area contributed by atoms with Crippen LogP contribution in [-0.4, -0.2) is 21.4 Å². The van der Waals surface area contributed by atoms with Crippen LogP contribution in [0.5, 0.6) is 0 Å². The van der Waals surface area contributed by atoms with Gasteiger partial charge in [-0.15, -0.1) is 10.2 Å². The molecule has 0 bridgehead atoms. The summed E-state index contributed by atoms with van der Waals surface area (Å²) in [5.41, 5.74) is 11.4. The van der Waals surface area contributed by atoms with Crippen LogP contribution in [0.4, 0.5) is 5.95 Å². The van der Waals surface area contributed by atoms with E-state index >= 15 is 0 Å². The molecule has 16 heavy (non-hydrogen) atoms. The molecule has 0 saturated heterocycles. The van der Waals surface area contributed by atoms with Gasteiger partial charge in [0, 0.05) is 12.0 Å². The molecule has 0 amide bonds. The molecule has 0 aliphatic heterocycles. The summed E-state index contributed by atoms with van der Waals surface area (Å²) in [6.07, 6.45) is 6.91. The standard InChI is InChI=1S/C10H20N6/c11-7-10(5-3-1-2-4-6-10)8-14-15-9(12)16(8)13/h1-7,11,13H2,(H2,12,15). The Morgan fingerprint density at radius 1 is 1.12 bits per heavy atom. The van der Waals surface area contributed by atoms with Gasteiger partial charge in [0.1, 0.15) is 0 Å². The van der Waals surface area contributed by atoms with Crippen LogP contribution in [0.1, 0.15) is 44.3 Å². The van der Waals surface area contributed by atoms with E-state index in [4.69, 9.17) is 17.3 Å². The van der Waals surface area contributed by atoms with Gasteiger partial charge in [0.05, 0.1) is 0 Å². The summed E-state index contributed by atoms with van der Waals surface area (Å²) >= 11 is 0. The van der Waals surface area contributed by atoms with E-state index in [0.717, 1.165) is 18.7 Å².